The molecule has 8 aromatic carbocycles. The number of nitrogens with zero attached hydrogens (tertiary/aromatic N) is 1. The molecule has 9 rings (SSSR count). The molecule has 216 valence electrons. The summed E-state index contributed by atoms with van der Waals surface area (Å²) in [6, 6.07) is 64.0. The largest absolute Gasteiger partial charge is 0.310 e. The van der Waals surface area contributed by atoms with Gasteiger partial charge in [0.2, 0.25) is 0 Å². The fraction of sp³-hybridized carbons (Fsp3) is 0. The summed E-state index contributed by atoms with van der Waals surface area (Å²) < 4.78 is 2.61. The van der Waals surface area contributed by atoms with E-state index in [4.69, 9.17) is 0 Å². The van der Waals surface area contributed by atoms with Crippen molar-refractivity contribution < 1.29 is 0 Å². The lowest BCUT2D eigenvalue weighted by Crippen LogP contribution is -2.10. The molecule has 46 heavy (non-hydrogen) atoms. The van der Waals surface area contributed by atoms with Crippen molar-refractivity contribution in [1.82, 2.24) is 0 Å². The first-order valence-electron chi connectivity index (χ1n) is 15.7. The minimum absolute atomic E-state index is 1.14. The lowest BCUT2D eigenvalue weighted by molar-refractivity contribution is 1.31. The summed E-state index contributed by atoms with van der Waals surface area (Å²) in [5.74, 6) is 0. The zero-order chi connectivity index (χ0) is 30.5. The van der Waals surface area contributed by atoms with Crippen LogP contribution >= 0.6 is 11.3 Å². The number of para-hydroxylation sites is 1. The van der Waals surface area contributed by atoms with E-state index in [1.165, 1.54) is 69.7 Å². The molecular weight excluding hydrogens is 575 g/mol. The Labute approximate surface area is 272 Å². The molecule has 0 bridgehead atoms. The van der Waals surface area contributed by atoms with Crippen molar-refractivity contribution in [2.24, 2.45) is 0 Å². The van der Waals surface area contributed by atoms with Crippen molar-refractivity contribution in [2.45, 2.75) is 0 Å². The molecule has 0 fully saturated rings. The van der Waals surface area contributed by atoms with Gasteiger partial charge in [-0.1, -0.05) is 115 Å². The highest BCUT2D eigenvalue weighted by Gasteiger charge is 2.18. The van der Waals surface area contributed by atoms with Crippen LogP contribution in [0.1, 0.15) is 0 Å². The lowest BCUT2D eigenvalue weighted by atomic mass is 9.96. The summed E-state index contributed by atoms with van der Waals surface area (Å²) in [7, 11) is 0. The molecule has 0 amide bonds. The van der Waals surface area contributed by atoms with Crippen LogP contribution in [0.15, 0.2) is 176 Å². The molecule has 0 saturated heterocycles. The van der Waals surface area contributed by atoms with E-state index in [-0.39, 0.29) is 0 Å². The van der Waals surface area contributed by atoms with Gasteiger partial charge in [0.25, 0.3) is 0 Å². The zero-order valence-corrected chi connectivity index (χ0v) is 25.9. The summed E-state index contributed by atoms with van der Waals surface area (Å²) in [4.78, 5) is 2.41. The number of thiophene rings is 1. The fourth-order valence-electron chi connectivity index (χ4n) is 6.73. The van der Waals surface area contributed by atoms with Gasteiger partial charge in [-0.2, -0.15) is 0 Å². The van der Waals surface area contributed by atoms with E-state index in [0.29, 0.717) is 0 Å². The van der Waals surface area contributed by atoms with Gasteiger partial charge < -0.3 is 4.90 Å². The van der Waals surface area contributed by atoms with E-state index in [0.717, 1.165) is 11.4 Å². The van der Waals surface area contributed by atoms with Crippen molar-refractivity contribution in [3.8, 4) is 22.3 Å². The molecule has 0 aliphatic rings. The van der Waals surface area contributed by atoms with Gasteiger partial charge in [-0.25, -0.2) is 0 Å². The highest BCUT2D eigenvalue weighted by Crippen LogP contribution is 2.45. The molecule has 0 aliphatic carbocycles. The lowest BCUT2D eigenvalue weighted by Gasteiger charge is -2.27. The number of benzene rings is 8. The van der Waals surface area contributed by atoms with Crippen LogP contribution in [0.2, 0.25) is 0 Å². The van der Waals surface area contributed by atoms with E-state index in [9.17, 15) is 0 Å². The van der Waals surface area contributed by atoms with Crippen molar-refractivity contribution >= 4 is 70.1 Å². The Kier molecular flexibility index (Phi) is 6.40. The summed E-state index contributed by atoms with van der Waals surface area (Å²) >= 11 is 1.86. The van der Waals surface area contributed by atoms with Crippen LogP contribution in [-0.2, 0) is 0 Å². The molecule has 1 nitrogen and oxygen atoms in total. The first kappa shape index (κ1) is 26.7. The van der Waals surface area contributed by atoms with E-state index in [1.807, 2.05) is 11.3 Å². The predicted octanol–water partition coefficient (Wildman–Crippen LogP) is 13.2. The van der Waals surface area contributed by atoms with Crippen molar-refractivity contribution in [2.75, 3.05) is 4.90 Å². The van der Waals surface area contributed by atoms with Gasteiger partial charge in [0, 0.05) is 31.5 Å². The monoisotopic (exact) mass is 603 g/mol. The summed E-state index contributed by atoms with van der Waals surface area (Å²) in [6.45, 7) is 0. The quantitative estimate of drug-likeness (QED) is 0.189. The summed E-state index contributed by atoms with van der Waals surface area (Å²) in [5.41, 5.74) is 8.41. The minimum atomic E-state index is 1.14. The number of rotatable bonds is 5. The maximum atomic E-state index is 2.41. The predicted molar refractivity (Wildman–Crippen MR) is 200 cm³/mol. The van der Waals surface area contributed by atoms with Gasteiger partial charge in [-0.05, 0) is 104 Å². The van der Waals surface area contributed by atoms with Crippen LogP contribution < -0.4 is 4.90 Å². The molecule has 0 unspecified atom stereocenters. The number of fused-ring (bicyclic) bond motifs is 5. The topological polar surface area (TPSA) is 3.24 Å². The average Bonchev–Trinajstić information content (AvgIpc) is 3.51. The SMILES string of the molecule is c1ccc(-c2ccc3cc(-c4ccc5ccc(N(c6ccccc6)c6cccc7sc8ccccc8c67)cc5c4)ccc3c2)cc1. The van der Waals surface area contributed by atoms with Gasteiger partial charge in [0.05, 0.1) is 5.69 Å². The molecule has 9 aromatic rings. The number of anilines is 3. The summed E-state index contributed by atoms with van der Waals surface area (Å²) in [6.07, 6.45) is 0. The normalized spacial score (nSPS) is 11.5. The number of hydrogen-bond donors (Lipinski definition) is 0. The Hall–Kier alpha value is -5.70. The van der Waals surface area contributed by atoms with Crippen molar-refractivity contribution in [3.63, 3.8) is 0 Å². The van der Waals surface area contributed by atoms with E-state index >= 15 is 0 Å². The second-order valence-electron chi connectivity index (χ2n) is 11.8. The Morgan fingerprint density at radius 2 is 0.935 bits per heavy atom. The molecule has 0 spiro atoms. The molecule has 0 aliphatic heterocycles. The Morgan fingerprint density at radius 1 is 0.348 bits per heavy atom. The molecular formula is C44H29NS. The molecule has 1 heterocycles. The zero-order valence-electron chi connectivity index (χ0n) is 25.1. The Bertz CT molecular complexity index is 2530. The van der Waals surface area contributed by atoms with Crippen LogP contribution in [-0.4, -0.2) is 0 Å². The third kappa shape index (κ3) is 4.63. The van der Waals surface area contributed by atoms with Crippen LogP contribution in [0.3, 0.4) is 0 Å². The molecule has 2 heteroatoms. The van der Waals surface area contributed by atoms with Crippen LogP contribution in [0.5, 0.6) is 0 Å². The second kappa shape index (κ2) is 11.0. The van der Waals surface area contributed by atoms with Gasteiger partial charge in [0.1, 0.15) is 0 Å². The highest BCUT2D eigenvalue weighted by atomic mass is 32.1. The van der Waals surface area contributed by atoms with Crippen LogP contribution in [0, 0.1) is 0 Å². The van der Waals surface area contributed by atoms with Crippen LogP contribution in [0.25, 0.3) is 64.0 Å². The number of hydrogen-bond acceptors (Lipinski definition) is 2. The maximum Gasteiger partial charge on any atom is 0.0554 e. The fourth-order valence-corrected chi connectivity index (χ4v) is 7.86. The van der Waals surface area contributed by atoms with Gasteiger partial charge in [0.15, 0.2) is 0 Å². The molecule has 0 atom stereocenters. The van der Waals surface area contributed by atoms with Crippen molar-refractivity contribution in [3.05, 3.63) is 176 Å². The van der Waals surface area contributed by atoms with E-state index in [2.05, 4.69) is 181 Å². The van der Waals surface area contributed by atoms with Gasteiger partial charge in [-0.15, -0.1) is 11.3 Å². The first-order chi connectivity index (χ1) is 22.8. The minimum Gasteiger partial charge on any atom is -0.310 e. The molecule has 0 saturated carbocycles. The second-order valence-corrected chi connectivity index (χ2v) is 12.9. The highest BCUT2D eigenvalue weighted by molar-refractivity contribution is 7.26. The molecule has 1 aromatic heterocycles. The third-order valence-electron chi connectivity index (χ3n) is 9.00. The molecule has 0 N–H and O–H groups in total. The maximum absolute atomic E-state index is 2.41. The Morgan fingerprint density at radius 3 is 1.70 bits per heavy atom. The first-order valence-corrected chi connectivity index (χ1v) is 16.5. The van der Waals surface area contributed by atoms with Crippen LogP contribution in [0.4, 0.5) is 17.1 Å². The van der Waals surface area contributed by atoms with Crippen molar-refractivity contribution in [1.29, 1.82) is 0 Å². The van der Waals surface area contributed by atoms with E-state index < -0.39 is 0 Å². The standard InChI is InChI=1S/C44H29NS/c1-3-10-30(11-4-1)32-20-21-34-27-35(23-22-33(34)26-32)36-19-18-31-24-25-39(29-37(31)28-36)45(38-12-5-2-6-13-38)41-15-9-17-43-44(41)40-14-7-8-16-42(40)46-43/h1-29H. The van der Waals surface area contributed by atoms with Gasteiger partial charge >= 0.3 is 0 Å². The third-order valence-corrected chi connectivity index (χ3v) is 10.1. The van der Waals surface area contributed by atoms with Gasteiger partial charge in [-0.3, -0.25) is 0 Å². The Balaban J connectivity index is 1.16. The molecule has 0 radical (unpaired) electrons. The van der Waals surface area contributed by atoms with E-state index in [1.54, 1.807) is 0 Å². The smallest absolute Gasteiger partial charge is 0.0554 e. The average molecular weight is 604 g/mol. The summed E-state index contributed by atoms with van der Waals surface area (Å²) in [5, 5.41) is 7.55.